The molecule has 1 aromatic carbocycles. The summed E-state index contributed by atoms with van der Waals surface area (Å²) in [6.07, 6.45) is 0.777. The molecule has 2 N–H and O–H groups in total. The fourth-order valence-corrected chi connectivity index (χ4v) is 1.82. The van der Waals surface area contributed by atoms with E-state index >= 15 is 0 Å². The van der Waals surface area contributed by atoms with Gasteiger partial charge in [-0.1, -0.05) is 12.1 Å². The third kappa shape index (κ3) is 2.70. The van der Waals surface area contributed by atoms with Gasteiger partial charge in [0.15, 0.2) is 0 Å². The first kappa shape index (κ1) is 13.8. The van der Waals surface area contributed by atoms with Gasteiger partial charge in [0, 0.05) is 18.0 Å². The van der Waals surface area contributed by atoms with Gasteiger partial charge in [0.25, 0.3) is 0 Å². The lowest BCUT2D eigenvalue weighted by molar-refractivity contribution is 0.0520. The largest absolute Gasteiger partial charge is 0.492 e. The van der Waals surface area contributed by atoms with Crippen LogP contribution in [0.25, 0.3) is 0 Å². The molecule has 0 radical (unpaired) electrons. The van der Waals surface area contributed by atoms with Crippen molar-refractivity contribution in [1.29, 1.82) is 0 Å². The number of rotatable bonds is 2. The van der Waals surface area contributed by atoms with Crippen LogP contribution in [-0.2, 0) is 4.74 Å². The first-order valence-corrected chi connectivity index (χ1v) is 5.42. The molecule has 1 aliphatic heterocycles. The van der Waals surface area contributed by atoms with Crippen LogP contribution in [0.4, 0.5) is 0 Å². The van der Waals surface area contributed by atoms with E-state index in [1.54, 1.807) is 19.1 Å². The van der Waals surface area contributed by atoms with Crippen molar-refractivity contribution in [2.24, 2.45) is 5.73 Å². The lowest BCUT2D eigenvalue weighted by Crippen LogP contribution is -2.22. The summed E-state index contributed by atoms with van der Waals surface area (Å²) in [5, 5.41) is 0. The van der Waals surface area contributed by atoms with Gasteiger partial charge in [-0.25, -0.2) is 4.79 Å². The zero-order chi connectivity index (χ0) is 11.5. The van der Waals surface area contributed by atoms with Gasteiger partial charge >= 0.3 is 5.97 Å². The number of esters is 1. The summed E-state index contributed by atoms with van der Waals surface area (Å²) in [5.41, 5.74) is 7.31. The summed E-state index contributed by atoms with van der Waals surface area (Å²) in [5.74, 6) is 0.230. The van der Waals surface area contributed by atoms with Gasteiger partial charge in [0.1, 0.15) is 11.3 Å². The fourth-order valence-electron chi connectivity index (χ4n) is 1.82. The van der Waals surface area contributed by atoms with Gasteiger partial charge in [-0.05, 0) is 13.0 Å². The maximum absolute atomic E-state index is 11.7. The van der Waals surface area contributed by atoms with Gasteiger partial charge in [-0.15, -0.1) is 12.4 Å². The van der Waals surface area contributed by atoms with Gasteiger partial charge in [0.2, 0.25) is 0 Å². The molecular formula is C12H16ClNO3. The molecule has 1 aliphatic rings. The van der Waals surface area contributed by atoms with E-state index in [2.05, 4.69) is 0 Å². The molecule has 17 heavy (non-hydrogen) atoms. The molecule has 4 nitrogen and oxygen atoms in total. The number of halogens is 1. The number of ether oxygens (including phenoxy) is 2. The van der Waals surface area contributed by atoms with E-state index in [-0.39, 0.29) is 24.4 Å². The highest BCUT2D eigenvalue weighted by molar-refractivity contribution is 5.93. The van der Waals surface area contributed by atoms with E-state index in [0.29, 0.717) is 24.5 Å². The second kappa shape index (κ2) is 5.89. The third-order valence-electron chi connectivity index (χ3n) is 2.62. The number of hydrogen-bond acceptors (Lipinski definition) is 4. The standard InChI is InChI=1S/C12H15NO3.ClH/c1-2-15-12(14)9-5-3-4-8-10(13)6-7-16-11(8)9;/h3-5,10H,2,6-7,13H2,1H3;1H/t10-;/m0./s1. The van der Waals surface area contributed by atoms with Crippen LogP contribution < -0.4 is 10.5 Å². The summed E-state index contributed by atoms with van der Waals surface area (Å²) >= 11 is 0. The van der Waals surface area contributed by atoms with Crippen LogP contribution in [0.3, 0.4) is 0 Å². The molecule has 0 unspecified atom stereocenters. The number of fused-ring (bicyclic) bond motifs is 1. The van der Waals surface area contributed by atoms with E-state index in [4.69, 9.17) is 15.2 Å². The van der Waals surface area contributed by atoms with Crippen LogP contribution in [-0.4, -0.2) is 19.2 Å². The Morgan fingerprint density at radius 3 is 3.06 bits per heavy atom. The molecular weight excluding hydrogens is 242 g/mol. The average Bonchev–Trinajstić information content (AvgIpc) is 2.29. The molecule has 0 bridgehead atoms. The topological polar surface area (TPSA) is 61.5 Å². The van der Waals surface area contributed by atoms with E-state index in [1.165, 1.54) is 0 Å². The second-order valence-electron chi connectivity index (χ2n) is 3.69. The molecule has 94 valence electrons. The maximum atomic E-state index is 11.7. The number of nitrogens with two attached hydrogens (primary N) is 1. The molecule has 1 atom stereocenters. The summed E-state index contributed by atoms with van der Waals surface area (Å²) in [6.45, 7) is 2.68. The molecule has 2 rings (SSSR count). The Bertz CT molecular complexity index is 409. The van der Waals surface area contributed by atoms with Crippen LogP contribution >= 0.6 is 12.4 Å². The van der Waals surface area contributed by atoms with Crippen molar-refractivity contribution in [2.75, 3.05) is 13.2 Å². The molecule has 0 spiro atoms. The maximum Gasteiger partial charge on any atom is 0.341 e. The van der Waals surface area contributed by atoms with Crippen LogP contribution in [0.1, 0.15) is 35.3 Å². The number of carbonyl (C=O) groups is 1. The van der Waals surface area contributed by atoms with E-state index < -0.39 is 0 Å². The van der Waals surface area contributed by atoms with Crippen LogP contribution in [0, 0.1) is 0 Å². The summed E-state index contributed by atoms with van der Waals surface area (Å²) in [6, 6.07) is 5.34. The van der Waals surface area contributed by atoms with Crippen LogP contribution in [0.15, 0.2) is 18.2 Å². The Labute approximate surface area is 106 Å². The Kier molecular flexibility index (Phi) is 4.78. The van der Waals surface area contributed by atoms with Gasteiger partial charge in [-0.2, -0.15) is 0 Å². The zero-order valence-corrected chi connectivity index (χ0v) is 10.5. The lowest BCUT2D eigenvalue weighted by Gasteiger charge is -2.24. The van der Waals surface area contributed by atoms with Crippen molar-refractivity contribution >= 4 is 18.4 Å². The molecule has 0 saturated heterocycles. The molecule has 5 heteroatoms. The summed E-state index contributed by atoms with van der Waals surface area (Å²) in [7, 11) is 0. The molecule has 1 heterocycles. The minimum Gasteiger partial charge on any atom is -0.492 e. The van der Waals surface area contributed by atoms with Crippen LogP contribution in [0.2, 0.25) is 0 Å². The first-order valence-electron chi connectivity index (χ1n) is 5.42. The Balaban J connectivity index is 0.00000144. The smallest absolute Gasteiger partial charge is 0.341 e. The predicted octanol–water partition coefficient (Wildman–Crippen LogP) is 2.07. The van der Waals surface area contributed by atoms with Crippen molar-refractivity contribution in [3.05, 3.63) is 29.3 Å². The third-order valence-corrected chi connectivity index (χ3v) is 2.62. The van der Waals surface area contributed by atoms with E-state index in [1.807, 2.05) is 6.07 Å². The second-order valence-corrected chi connectivity index (χ2v) is 3.69. The number of para-hydroxylation sites is 1. The Morgan fingerprint density at radius 1 is 1.59 bits per heavy atom. The SMILES string of the molecule is CCOC(=O)c1cccc2c1OCC[C@@H]2N.Cl. The van der Waals surface area contributed by atoms with Crippen molar-refractivity contribution in [3.8, 4) is 5.75 Å². The van der Waals surface area contributed by atoms with Crippen molar-refractivity contribution in [2.45, 2.75) is 19.4 Å². The quantitative estimate of drug-likeness (QED) is 0.824. The minimum absolute atomic E-state index is 0. The lowest BCUT2D eigenvalue weighted by atomic mass is 9.98. The number of benzene rings is 1. The molecule has 0 fully saturated rings. The van der Waals surface area contributed by atoms with E-state index in [9.17, 15) is 4.79 Å². The molecule has 1 aromatic rings. The van der Waals surface area contributed by atoms with Crippen molar-refractivity contribution in [3.63, 3.8) is 0 Å². The molecule has 0 aromatic heterocycles. The van der Waals surface area contributed by atoms with Crippen LogP contribution in [0.5, 0.6) is 5.75 Å². The molecule has 0 amide bonds. The average molecular weight is 258 g/mol. The summed E-state index contributed by atoms with van der Waals surface area (Å²) in [4.78, 5) is 11.7. The zero-order valence-electron chi connectivity index (χ0n) is 9.64. The monoisotopic (exact) mass is 257 g/mol. The number of carbonyl (C=O) groups excluding carboxylic acids is 1. The highest BCUT2D eigenvalue weighted by Crippen LogP contribution is 2.33. The Morgan fingerprint density at radius 2 is 2.35 bits per heavy atom. The first-order chi connectivity index (χ1) is 7.74. The highest BCUT2D eigenvalue weighted by atomic mass is 35.5. The van der Waals surface area contributed by atoms with Gasteiger partial charge in [-0.3, -0.25) is 0 Å². The highest BCUT2D eigenvalue weighted by Gasteiger charge is 2.24. The van der Waals surface area contributed by atoms with Gasteiger partial charge < -0.3 is 15.2 Å². The minimum atomic E-state index is -0.353. The van der Waals surface area contributed by atoms with Crippen molar-refractivity contribution < 1.29 is 14.3 Å². The van der Waals surface area contributed by atoms with Crippen molar-refractivity contribution in [1.82, 2.24) is 0 Å². The Hall–Kier alpha value is -1.26. The predicted molar refractivity (Wildman–Crippen MR) is 66.7 cm³/mol. The van der Waals surface area contributed by atoms with Gasteiger partial charge in [0.05, 0.1) is 13.2 Å². The fraction of sp³-hybridized carbons (Fsp3) is 0.417. The molecule has 0 aliphatic carbocycles. The summed E-state index contributed by atoms with van der Waals surface area (Å²) < 4.78 is 10.5. The van der Waals surface area contributed by atoms with E-state index in [0.717, 1.165) is 12.0 Å². The molecule has 0 saturated carbocycles. The normalized spacial score (nSPS) is 17.4. The number of hydrogen-bond donors (Lipinski definition) is 1.